The Balaban J connectivity index is 2.62. The highest BCUT2D eigenvalue weighted by Crippen LogP contribution is 2.13. The predicted molar refractivity (Wildman–Crippen MR) is 65.7 cm³/mol. The summed E-state index contributed by atoms with van der Waals surface area (Å²) in [4.78, 5) is 24.3. The molecule has 92 valence electrons. The van der Waals surface area contributed by atoms with Gasteiger partial charge in [0.1, 0.15) is 0 Å². The second-order valence-corrected chi connectivity index (χ2v) is 3.56. The van der Waals surface area contributed by atoms with Crippen LogP contribution in [0.25, 0.3) is 0 Å². The Morgan fingerprint density at radius 3 is 2.41 bits per heavy atom. The highest BCUT2D eigenvalue weighted by atomic mass is 16.5. The average molecular weight is 235 g/mol. The standard InChI is InChI=1S/C13H17NO3/c1-3-17-13(16)9-10-14(11(2)15)12-7-5-4-6-8-12/h4-8H,3,9-10H2,1-2H3. The Morgan fingerprint density at radius 2 is 1.88 bits per heavy atom. The third-order valence-electron chi connectivity index (χ3n) is 2.29. The van der Waals surface area contributed by atoms with E-state index in [1.54, 1.807) is 11.8 Å². The van der Waals surface area contributed by atoms with Crippen LogP contribution >= 0.6 is 0 Å². The molecule has 0 aliphatic carbocycles. The number of carbonyl (C=O) groups excluding carboxylic acids is 2. The smallest absolute Gasteiger partial charge is 0.307 e. The monoisotopic (exact) mass is 235 g/mol. The van der Waals surface area contributed by atoms with E-state index in [1.807, 2.05) is 30.3 Å². The number of rotatable bonds is 5. The van der Waals surface area contributed by atoms with Crippen molar-refractivity contribution in [3.63, 3.8) is 0 Å². The van der Waals surface area contributed by atoms with E-state index in [9.17, 15) is 9.59 Å². The van der Waals surface area contributed by atoms with Crippen LogP contribution in [-0.2, 0) is 14.3 Å². The van der Waals surface area contributed by atoms with E-state index in [0.29, 0.717) is 13.2 Å². The molecule has 4 heteroatoms. The Kier molecular flexibility index (Phi) is 5.20. The number of hydrogen-bond acceptors (Lipinski definition) is 3. The maximum Gasteiger partial charge on any atom is 0.307 e. The van der Waals surface area contributed by atoms with Crippen LogP contribution in [0.4, 0.5) is 5.69 Å². The SMILES string of the molecule is CCOC(=O)CCN(C(C)=O)c1ccccc1. The van der Waals surface area contributed by atoms with E-state index in [-0.39, 0.29) is 18.3 Å². The van der Waals surface area contributed by atoms with Gasteiger partial charge in [0, 0.05) is 19.2 Å². The minimum Gasteiger partial charge on any atom is -0.466 e. The quantitative estimate of drug-likeness (QED) is 0.733. The van der Waals surface area contributed by atoms with Crippen LogP contribution < -0.4 is 4.90 Å². The number of nitrogens with zero attached hydrogens (tertiary/aromatic N) is 1. The molecular formula is C13H17NO3. The molecule has 0 aromatic heterocycles. The van der Waals surface area contributed by atoms with Crippen molar-refractivity contribution in [3.8, 4) is 0 Å². The Bertz CT molecular complexity index is 376. The maximum atomic E-state index is 11.5. The van der Waals surface area contributed by atoms with Gasteiger partial charge in [-0.15, -0.1) is 0 Å². The summed E-state index contributed by atoms with van der Waals surface area (Å²) in [7, 11) is 0. The van der Waals surface area contributed by atoms with E-state index in [1.165, 1.54) is 6.92 Å². The zero-order valence-corrected chi connectivity index (χ0v) is 10.2. The molecule has 1 aromatic carbocycles. The molecule has 0 atom stereocenters. The summed E-state index contributed by atoms with van der Waals surface area (Å²) in [5.41, 5.74) is 0.796. The van der Waals surface area contributed by atoms with Gasteiger partial charge in [0.2, 0.25) is 5.91 Å². The van der Waals surface area contributed by atoms with Gasteiger partial charge >= 0.3 is 5.97 Å². The average Bonchev–Trinajstić information content (AvgIpc) is 2.30. The van der Waals surface area contributed by atoms with E-state index in [0.717, 1.165) is 5.69 Å². The van der Waals surface area contributed by atoms with Gasteiger partial charge < -0.3 is 9.64 Å². The van der Waals surface area contributed by atoms with E-state index in [4.69, 9.17) is 4.74 Å². The molecule has 0 saturated heterocycles. The molecule has 0 aliphatic rings. The van der Waals surface area contributed by atoms with Gasteiger partial charge in [0.05, 0.1) is 13.0 Å². The van der Waals surface area contributed by atoms with E-state index < -0.39 is 0 Å². The van der Waals surface area contributed by atoms with Gasteiger partial charge in [-0.3, -0.25) is 9.59 Å². The van der Waals surface area contributed by atoms with Gasteiger partial charge in [-0.25, -0.2) is 0 Å². The van der Waals surface area contributed by atoms with Crippen molar-refractivity contribution in [3.05, 3.63) is 30.3 Å². The number of amides is 1. The highest BCUT2D eigenvalue weighted by Gasteiger charge is 2.13. The third kappa shape index (κ3) is 4.26. The molecule has 0 heterocycles. The van der Waals surface area contributed by atoms with Gasteiger partial charge in [0.15, 0.2) is 0 Å². The first-order chi connectivity index (χ1) is 8.15. The number of esters is 1. The third-order valence-corrected chi connectivity index (χ3v) is 2.29. The van der Waals surface area contributed by atoms with Crippen molar-refractivity contribution in [1.29, 1.82) is 0 Å². The first-order valence-electron chi connectivity index (χ1n) is 5.64. The molecule has 0 aliphatic heterocycles. The summed E-state index contributed by atoms with van der Waals surface area (Å²) in [6, 6.07) is 9.28. The fraction of sp³-hybridized carbons (Fsp3) is 0.385. The lowest BCUT2D eigenvalue weighted by Crippen LogP contribution is -2.31. The van der Waals surface area contributed by atoms with Crippen LogP contribution in [-0.4, -0.2) is 25.0 Å². The van der Waals surface area contributed by atoms with Crippen molar-refractivity contribution < 1.29 is 14.3 Å². The van der Waals surface area contributed by atoms with Crippen LogP contribution in [0.15, 0.2) is 30.3 Å². The van der Waals surface area contributed by atoms with Crippen molar-refractivity contribution in [1.82, 2.24) is 0 Å². The minimum atomic E-state index is -0.283. The molecule has 1 amide bonds. The van der Waals surface area contributed by atoms with Crippen LogP contribution in [0, 0.1) is 0 Å². The lowest BCUT2D eigenvalue weighted by atomic mass is 10.2. The second-order valence-electron chi connectivity index (χ2n) is 3.56. The molecule has 0 saturated carbocycles. The minimum absolute atomic E-state index is 0.0829. The lowest BCUT2D eigenvalue weighted by Gasteiger charge is -2.20. The number of ether oxygens (including phenoxy) is 1. The molecule has 17 heavy (non-hydrogen) atoms. The van der Waals surface area contributed by atoms with Crippen LogP contribution in [0.3, 0.4) is 0 Å². The topological polar surface area (TPSA) is 46.6 Å². The summed E-state index contributed by atoms with van der Waals surface area (Å²) in [6.45, 7) is 3.96. The maximum absolute atomic E-state index is 11.5. The second kappa shape index (κ2) is 6.68. The van der Waals surface area contributed by atoms with E-state index in [2.05, 4.69) is 0 Å². The van der Waals surface area contributed by atoms with Gasteiger partial charge in [-0.2, -0.15) is 0 Å². The summed E-state index contributed by atoms with van der Waals surface area (Å²) < 4.78 is 4.83. The zero-order valence-electron chi connectivity index (χ0n) is 10.2. The molecule has 0 radical (unpaired) electrons. The summed E-state index contributed by atoms with van der Waals surface area (Å²) >= 11 is 0. The van der Waals surface area contributed by atoms with Crippen molar-refractivity contribution in [2.75, 3.05) is 18.1 Å². The van der Waals surface area contributed by atoms with Crippen LogP contribution in [0.2, 0.25) is 0 Å². The number of anilines is 1. The van der Waals surface area contributed by atoms with Gasteiger partial charge in [-0.05, 0) is 19.1 Å². The van der Waals surface area contributed by atoms with Crippen LogP contribution in [0.1, 0.15) is 20.3 Å². The lowest BCUT2D eigenvalue weighted by molar-refractivity contribution is -0.142. The molecule has 0 bridgehead atoms. The molecule has 4 nitrogen and oxygen atoms in total. The summed E-state index contributed by atoms with van der Waals surface area (Å²) in [5.74, 6) is -0.366. The molecule has 0 N–H and O–H groups in total. The Hall–Kier alpha value is -1.84. The first-order valence-corrected chi connectivity index (χ1v) is 5.64. The number of benzene rings is 1. The summed E-state index contributed by atoms with van der Waals surface area (Å²) in [5, 5.41) is 0. The fourth-order valence-corrected chi connectivity index (χ4v) is 1.51. The fourth-order valence-electron chi connectivity index (χ4n) is 1.51. The molecular weight excluding hydrogens is 218 g/mol. The van der Waals surface area contributed by atoms with Gasteiger partial charge in [0.25, 0.3) is 0 Å². The molecule has 0 spiro atoms. The predicted octanol–water partition coefficient (Wildman–Crippen LogP) is 1.99. The van der Waals surface area contributed by atoms with Crippen LogP contribution in [0.5, 0.6) is 0 Å². The van der Waals surface area contributed by atoms with E-state index >= 15 is 0 Å². The van der Waals surface area contributed by atoms with Crippen molar-refractivity contribution in [2.45, 2.75) is 20.3 Å². The molecule has 1 rings (SSSR count). The molecule has 0 fully saturated rings. The van der Waals surface area contributed by atoms with Crippen molar-refractivity contribution in [2.24, 2.45) is 0 Å². The van der Waals surface area contributed by atoms with Gasteiger partial charge in [-0.1, -0.05) is 18.2 Å². The Morgan fingerprint density at radius 1 is 1.24 bits per heavy atom. The number of hydrogen-bond donors (Lipinski definition) is 0. The zero-order chi connectivity index (χ0) is 12.7. The molecule has 0 unspecified atom stereocenters. The summed E-state index contributed by atoms with van der Waals surface area (Å²) in [6.07, 6.45) is 0.211. The largest absolute Gasteiger partial charge is 0.466 e. The number of carbonyl (C=O) groups is 2. The molecule has 1 aromatic rings. The highest BCUT2D eigenvalue weighted by molar-refractivity contribution is 5.92. The first kappa shape index (κ1) is 13.2. The normalized spacial score (nSPS) is 9.76. The van der Waals surface area contributed by atoms with Crippen molar-refractivity contribution >= 4 is 17.6 Å². The Labute approximate surface area is 101 Å². The number of para-hydroxylation sites is 1.